The van der Waals surface area contributed by atoms with Crippen LogP contribution in [-0.4, -0.2) is 27.1 Å². The maximum Gasteiger partial charge on any atom is 0.149 e. The minimum absolute atomic E-state index is 0.147. The molecule has 3 heterocycles. The van der Waals surface area contributed by atoms with Crippen LogP contribution in [0, 0.1) is 18.3 Å². The molecule has 5 rings (SSSR count). The van der Waals surface area contributed by atoms with E-state index in [2.05, 4.69) is 40.0 Å². The van der Waals surface area contributed by atoms with Gasteiger partial charge in [0.05, 0.1) is 35.3 Å². The van der Waals surface area contributed by atoms with E-state index in [-0.39, 0.29) is 5.41 Å². The van der Waals surface area contributed by atoms with Crippen molar-refractivity contribution in [3.8, 4) is 5.75 Å². The van der Waals surface area contributed by atoms with Crippen LogP contribution in [0.4, 0.5) is 0 Å². The molecule has 2 atom stereocenters. The maximum absolute atomic E-state index is 6.25. The van der Waals surface area contributed by atoms with Gasteiger partial charge in [0, 0.05) is 24.6 Å². The van der Waals surface area contributed by atoms with Gasteiger partial charge in [0.15, 0.2) is 0 Å². The van der Waals surface area contributed by atoms with Crippen molar-refractivity contribution in [3.05, 3.63) is 90.0 Å². The molecule has 1 fully saturated rings. The smallest absolute Gasteiger partial charge is 0.149 e. The van der Waals surface area contributed by atoms with Crippen molar-refractivity contribution in [1.29, 1.82) is 0 Å². The third-order valence-electron chi connectivity index (χ3n) is 6.14. The van der Waals surface area contributed by atoms with Crippen LogP contribution in [0.15, 0.2) is 83.6 Å². The first-order valence-electron chi connectivity index (χ1n) is 10.1. The summed E-state index contributed by atoms with van der Waals surface area (Å²) in [5.41, 5.74) is 4.12. The molecule has 2 unspecified atom stereocenters. The van der Waals surface area contributed by atoms with Crippen molar-refractivity contribution >= 4 is 5.71 Å². The summed E-state index contributed by atoms with van der Waals surface area (Å²) in [6.45, 7) is 5.96. The van der Waals surface area contributed by atoms with Crippen molar-refractivity contribution in [1.82, 2.24) is 14.9 Å². The summed E-state index contributed by atoms with van der Waals surface area (Å²) in [6, 6.07) is 9.92. The van der Waals surface area contributed by atoms with E-state index in [0.29, 0.717) is 5.92 Å². The van der Waals surface area contributed by atoms with Gasteiger partial charge in [0.2, 0.25) is 0 Å². The molecule has 1 spiro atoms. The fourth-order valence-electron chi connectivity index (χ4n) is 4.61. The molecule has 0 saturated carbocycles. The van der Waals surface area contributed by atoms with Crippen molar-refractivity contribution in [2.24, 2.45) is 16.3 Å². The van der Waals surface area contributed by atoms with E-state index in [1.54, 1.807) is 0 Å². The van der Waals surface area contributed by atoms with E-state index in [1.165, 1.54) is 5.70 Å². The maximum atomic E-state index is 6.25. The molecular formula is C24H24N4O. The monoisotopic (exact) mass is 384 g/mol. The van der Waals surface area contributed by atoms with Gasteiger partial charge >= 0.3 is 0 Å². The van der Waals surface area contributed by atoms with Gasteiger partial charge in [-0.1, -0.05) is 31.2 Å². The number of nitrogens with zero attached hydrogens (tertiary/aromatic N) is 4. The number of aliphatic imine (C=N–C) groups is 1. The molecule has 1 aromatic heterocycles. The zero-order valence-corrected chi connectivity index (χ0v) is 16.7. The normalized spacial score (nSPS) is 25.0. The lowest BCUT2D eigenvalue weighted by Crippen LogP contribution is -2.42. The second kappa shape index (κ2) is 6.99. The quantitative estimate of drug-likeness (QED) is 0.782. The molecule has 5 nitrogen and oxygen atoms in total. The van der Waals surface area contributed by atoms with E-state index in [0.717, 1.165) is 48.1 Å². The fraction of sp³-hybridized carbons (Fsp3) is 0.292. The number of aryl methyl sites for hydroxylation is 1. The van der Waals surface area contributed by atoms with E-state index in [4.69, 9.17) is 9.73 Å². The van der Waals surface area contributed by atoms with E-state index >= 15 is 0 Å². The van der Waals surface area contributed by atoms with Gasteiger partial charge in [-0.05, 0) is 43.5 Å². The average molecular weight is 384 g/mol. The predicted octanol–water partition coefficient (Wildman–Crippen LogP) is 4.44. The standard InChI is InChI=1S/C24H24N4O/c1-17-10-12-25-23-21(29-20-6-4-3-5-7-20)8-9-22-24(17,23)11-13-28(22)16-19-15-26-18(2)14-27-19/h3-10,12,14-15,17H,11,13,16H2,1-2H3. The topological polar surface area (TPSA) is 50.6 Å². The summed E-state index contributed by atoms with van der Waals surface area (Å²) in [4.78, 5) is 16.2. The molecule has 0 N–H and O–H groups in total. The second-order valence-corrected chi connectivity index (χ2v) is 7.90. The zero-order chi connectivity index (χ0) is 19.8. The van der Waals surface area contributed by atoms with Crippen LogP contribution in [0.3, 0.4) is 0 Å². The lowest BCUT2D eigenvalue weighted by atomic mass is 9.66. The Kier molecular flexibility index (Phi) is 4.31. The molecule has 3 aliphatic rings. The number of para-hydroxylation sites is 1. The number of ether oxygens (including phenoxy) is 1. The highest BCUT2D eigenvalue weighted by Crippen LogP contribution is 2.53. The first-order chi connectivity index (χ1) is 14.2. The van der Waals surface area contributed by atoms with E-state index < -0.39 is 0 Å². The van der Waals surface area contributed by atoms with Crippen molar-refractivity contribution in [3.63, 3.8) is 0 Å². The van der Waals surface area contributed by atoms with Crippen LogP contribution in [0.1, 0.15) is 24.7 Å². The van der Waals surface area contributed by atoms with Gasteiger partial charge in [-0.3, -0.25) is 15.0 Å². The lowest BCUT2D eigenvalue weighted by molar-refractivity contribution is 0.335. The van der Waals surface area contributed by atoms with Crippen LogP contribution >= 0.6 is 0 Å². The Morgan fingerprint density at radius 3 is 2.79 bits per heavy atom. The first-order valence-corrected chi connectivity index (χ1v) is 10.1. The van der Waals surface area contributed by atoms with Crippen LogP contribution in [0.25, 0.3) is 0 Å². The number of hydrogen-bond acceptors (Lipinski definition) is 5. The van der Waals surface area contributed by atoms with Crippen LogP contribution in [0.5, 0.6) is 5.75 Å². The Hall–Kier alpha value is -3.21. The highest BCUT2D eigenvalue weighted by atomic mass is 16.5. The number of likely N-dealkylation sites (tertiary alicyclic amines) is 1. The number of aromatic nitrogens is 2. The summed E-state index contributed by atoms with van der Waals surface area (Å²) in [6.07, 6.45) is 13.1. The summed E-state index contributed by atoms with van der Waals surface area (Å²) in [7, 11) is 0. The Balaban J connectivity index is 1.50. The zero-order valence-electron chi connectivity index (χ0n) is 16.7. The third kappa shape index (κ3) is 2.97. The second-order valence-electron chi connectivity index (χ2n) is 7.90. The highest BCUT2D eigenvalue weighted by molar-refractivity contribution is 6.08. The predicted molar refractivity (Wildman–Crippen MR) is 113 cm³/mol. The largest absolute Gasteiger partial charge is 0.455 e. The summed E-state index contributed by atoms with van der Waals surface area (Å²) >= 11 is 0. The summed E-state index contributed by atoms with van der Waals surface area (Å²) in [5.74, 6) is 2.02. The van der Waals surface area contributed by atoms with E-state index in [1.807, 2.05) is 55.8 Å². The molecule has 0 amide bonds. The molecule has 29 heavy (non-hydrogen) atoms. The van der Waals surface area contributed by atoms with Gasteiger partial charge in [0.1, 0.15) is 11.5 Å². The molecule has 5 heteroatoms. The number of hydrogen-bond donors (Lipinski definition) is 0. The molecule has 2 aliphatic heterocycles. The molecule has 0 bridgehead atoms. The SMILES string of the molecule is Cc1cnc(CN2CCC34C2=CC=C(Oc2ccccc2)C3=NC=CC4C)cn1. The van der Waals surface area contributed by atoms with Gasteiger partial charge < -0.3 is 9.64 Å². The Morgan fingerprint density at radius 2 is 2.00 bits per heavy atom. The van der Waals surface area contributed by atoms with Crippen molar-refractivity contribution < 1.29 is 4.74 Å². The molecule has 1 aliphatic carbocycles. The molecular weight excluding hydrogens is 360 g/mol. The first kappa shape index (κ1) is 17.9. The van der Waals surface area contributed by atoms with Gasteiger partial charge in [-0.15, -0.1) is 0 Å². The lowest BCUT2D eigenvalue weighted by Gasteiger charge is -2.41. The van der Waals surface area contributed by atoms with Crippen LogP contribution in [-0.2, 0) is 6.54 Å². The minimum atomic E-state index is -0.147. The Bertz CT molecular complexity index is 1040. The van der Waals surface area contributed by atoms with Gasteiger partial charge in [0.25, 0.3) is 0 Å². The van der Waals surface area contributed by atoms with Gasteiger partial charge in [-0.2, -0.15) is 0 Å². The van der Waals surface area contributed by atoms with E-state index in [9.17, 15) is 0 Å². The van der Waals surface area contributed by atoms with Crippen LogP contribution < -0.4 is 4.74 Å². The number of allylic oxidation sites excluding steroid dienone is 5. The fourth-order valence-corrected chi connectivity index (χ4v) is 4.61. The Labute approximate surface area is 171 Å². The molecule has 146 valence electrons. The number of rotatable bonds is 4. The third-order valence-corrected chi connectivity index (χ3v) is 6.14. The molecule has 1 aromatic carbocycles. The summed E-state index contributed by atoms with van der Waals surface area (Å²) in [5, 5.41) is 0. The van der Waals surface area contributed by atoms with Gasteiger partial charge in [-0.25, -0.2) is 0 Å². The number of benzene rings is 1. The van der Waals surface area contributed by atoms with Crippen molar-refractivity contribution in [2.75, 3.05) is 6.54 Å². The van der Waals surface area contributed by atoms with Crippen molar-refractivity contribution in [2.45, 2.75) is 26.8 Å². The molecule has 0 radical (unpaired) electrons. The average Bonchev–Trinajstić information content (AvgIpc) is 3.10. The Morgan fingerprint density at radius 1 is 1.14 bits per heavy atom. The molecule has 2 aromatic rings. The summed E-state index contributed by atoms with van der Waals surface area (Å²) < 4.78 is 6.25. The van der Waals surface area contributed by atoms with Crippen LogP contribution in [0.2, 0.25) is 0 Å². The molecule has 1 saturated heterocycles. The minimum Gasteiger partial charge on any atom is -0.455 e. The highest BCUT2D eigenvalue weighted by Gasteiger charge is 2.53.